The Bertz CT molecular complexity index is 368. The topological polar surface area (TPSA) is 9.23 Å². The Hall–Kier alpha value is -0.456. The van der Waals surface area contributed by atoms with Gasteiger partial charge in [-0.3, -0.25) is 0 Å². The fraction of sp³-hybridized carbons (Fsp3) is 0.538. The zero-order valence-corrected chi connectivity index (χ0v) is 13.7. The predicted molar refractivity (Wildman–Crippen MR) is 76.7 cm³/mol. The van der Waals surface area contributed by atoms with Gasteiger partial charge >= 0.3 is 0 Å². The third-order valence-electron chi connectivity index (χ3n) is 2.98. The molecule has 1 rings (SSSR count). The minimum absolute atomic E-state index is 0.175. The van der Waals surface area contributed by atoms with Crippen molar-refractivity contribution in [3.63, 3.8) is 0 Å². The van der Waals surface area contributed by atoms with Crippen molar-refractivity contribution in [2.45, 2.75) is 45.2 Å². The van der Waals surface area contributed by atoms with Crippen molar-refractivity contribution in [2.24, 2.45) is 0 Å². The average Bonchev–Trinajstić information content (AvgIpc) is 2.14. The maximum atomic E-state index is 12.9. The quantitative estimate of drug-likeness (QED) is 0.731. The SMILES string of the molecule is CC(c1ccc(F)cc1)[Si](C)(C)O[Si](C)(C)C. The van der Waals surface area contributed by atoms with Gasteiger partial charge in [0.25, 0.3) is 0 Å². The van der Waals surface area contributed by atoms with Gasteiger partial charge in [-0.25, -0.2) is 4.39 Å². The van der Waals surface area contributed by atoms with E-state index < -0.39 is 16.6 Å². The highest BCUT2D eigenvalue weighted by Crippen LogP contribution is 2.30. The van der Waals surface area contributed by atoms with Gasteiger partial charge in [-0.05, 0) is 56.0 Å². The summed E-state index contributed by atoms with van der Waals surface area (Å²) in [5.74, 6) is -0.175. The molecule has 1 aromatic carbocycles. The highest BCUT2D eigenvalue weighted by molar-refractivity contribution is 6.84. The molecule has 0 bridgehead atoms. The number of rotatable bonds is 4. The molecule has 0 saturated heterocycles. The average molecular weight is 270 g/mol. The van der Waals surface area contributed by atoms with Crippen molar-refractivity contribution in [2.75, 3.05) is 0 Å². The Morgan fingerprint density at radius 3 is 1.88 bits per heavy atom. The van der Waals surface area contributed by atoms with Crippen LogP contribution in [0.15, 0.2) is 24.3 Å². The molecule has 96 valence electrons. The van der Waals surface area contributed by atoms with Gasteiger partial charge in [0.15, 0.2) is 16.6 Å². The van der Waals surface area contributed by atoms with Crippen LogP contribution in [0, 0.1) is 5.82 Å². The van der Waals surface area contributed by atoms with E-state index in [4.69, 9.17) is 4.12 Å². The van der Waals surface area contributed by atoms with E-state index in [1.165, 1.54) is 17.7 Å². The number of hydrogen-bond donors (Lipinski definition) is 0. The lowest BCUT2D eigenvalue weighted by Gasteiger charge is -2.36. The fourth-order valence-electron chi connectivity index (χ4n) is 2.03. The van der Waals surface area contributed by atoms with Gasteiger partial charge in [0.2, 0.25) is 0 Å². The largest absolute Gasteiger partial charge is 0.455 e. The second-order valence-electron chi connectivity index (χ2n) is 6.09. The number of benzene rings is 1. The molecule has 0 saturated carbocycles. The normalized spacial score (nSPS) is 14.8. The van der Waals surface area contributed by atoms with E-state index in [2.05, 4.69) is 39.7 Å². The van der Waals surface area contributed by atoms with Gasteiger partial charge in [-0.2, -0.15) is 0 Å². The van der Waals surface area contributed by atoms with Crippen LogP contribution >= 0.6 is 0 Å². The van der Waals surface area contributed by atoms with Crippen molar-refractivity contribution in [1.82, 2.24) is 0 Å². The van der Waals surface area contributed by atoms with E-state index >= 15 is 0 Å². The molecule has 0 radical (unpaired) electrons. The Kier molecular flexibility index (Phi) is 4.33. The summed E-state index contributed by atoms with van der Waals surface area (Å²) in [6.45, 7) is 13.4. The smallest absolute Gasteiger partial charge is 0.180 e. The molecule has 1 unspecified atom stereocenters. The molecule has 0 aromatic heterocycles. The molecule has 0 aliphatic heterocycles. The summed E-state index contributed by atoms with van der Waals surface area (Å²) in [7, 11) is -3.27. The van der Waals surface area contributed by atoms with Gasteiger partial charge in [0.1, 0.15) is 5.82 Å². The monoisotopic (exact) mass is 270 g/mol. The first kappa shape index (κ1) is 14.6. The first-order chi connectivity index (χ1) is 7.62. The van der Waals surface area contributed by atoms with Crippen LogP contribution < -0.4 is 0 Å². The molecule has 17 heavy (non-hydrogen) atoms. The van der Waals surface area contributed by atoms with Crippen LogP contribution in [0.25, 0.3) is 0 Å². The zero-order valence-electron chi connectivity index (χ0n) is 11.7. The van der Waals surface area contributed by atoms with Crippen LogP contribution in [0.5, 0.6) is 0 Å². The minimum atomic E-state index is -1.76. The Morgan fingerprint density at radius 2 is 1.47 bits per heavy atom. The molecule has 0 N–H and O–H groups in total. The predicted octanol–water partition coefficient (Wildman–Crippen LogP) is 4.53. The number of hydrogen-bond acceptors (Lipinski definition) is 1. The number of halogens is 1. The molecule has 0 fully saturated rings. The van der Waals surface area contributed by atoms with Gasteiger partial charge in [-0.15, -0.1) is 0 Å². The summed E-state index contributed by atoms with van der Waals surface area (Å²) in [6, 6.07) is 6.82. The van der Waals surface area contributed by atoms with E-state index in [-0.39, 0.29) is 5.82 Å². The van der Waals surface area contributed by atoms with E-state index in [0.717, 1.165) is 0 Å². The highest BCUT2D eigenvalue weighted by atomic mass is 28.4. The van der Waals surface area contributed by atoms with E-state index in [0.29, 0.717) is 5.54 Å². The lowest BCUT2D eigenvalue weighted by molar-refractivity contribution is 0.532. The summed E-state index contributed by atoms with van der Waals surface area (Å²) in [6.07, 6.45) is 0. The highest BCUT2D eigenvalue weighted by Gasteiger charge is 2.35. The zero-order chi connectivity index (χ0) is 13.3. The van der Waals surface area contributed by atoms with Gasteiger partial charge in [0.05, 0.1) is 0 Å². The van der Waals surface area contributed by atoms with Crippen LogP contribution in [0.4, 0.5) is 4.39 Å². The summed E-state index contributed by atoms with van der Waals surface area (Å²) in [5, 5.41) is 0. The van der Waals surface area contributed by atoms with E-state index in [1.807, 2.05) is 12.1 Å². The molecular formula is C13H23FOSi2. The molecule has 1 nitrogen and oxygen atoms in total. The van der Waals surface area contributed by atoms with Gasteiger partial charge in [-0.1, -0.05) is 19.1 Å². The van der Waals surface area contributed by atoms with Crippen LogP contribution in [0.3, 0.4) is 0 Å². The molecule has 0 amide bonds. The van der Waals surface area contributed by atoms with E-state index in [9.17, 15) is 4.39 Å². The van der Waals surface area contributed by atoms with Crippen LogP contribution in [-0.2, 0) is 4.12 Å². The summed E-state index contributed by atoms with van der Waals surface area (Å²) < 4.78 is 19.3. The van der Waals surface area contributed by atoms with Crippen LogP contribution in [-0.4, -0.2) is 16.6 Å². The molecule has 4 heteroatoms. The minimum Gasteiger partial charge on any atom is -0.455 e. The standard InChI is InChI=1S/C13H23FOSi2/c1-11(12-7-9-13(14)10-8-12)17(5,6)15-16(2,3)4/h7-11H,1-6H3. The first-order valence-electron chi connectivity index (χ1n) is 6.07. The summed E-state index contributed by atoms with van der Waals surface area (Å²) >= 11 is 0. The molecule has 1 atom stereocenters. The van der Waals surface area contributed by atoms with Crippen molar-refractivity contribution >= 4 is 16.6 Å². The maximum absolute atomic E-state index is 12.9. The van der Waals surface area contributed by atoms with Gasteiger partial charge < -0.3 is 4.12 Å². The van der Waals surface area contributed by atoms with E-state index in [1.54, 1.807) is 0 Å². The molecule has 0 aliphatic rings. The Morgan fingerprint density at radius 1 is 1.00 bits per heavy atom. The first-order valence-corrected chi connectivity index (χ1v) is 12.5. The lowest BCUT2D eigenvalue weighted by Crippen LogP contribution is -2.46. The second-order valence-corrected chi connectivity index (χ2v) is 15.2. The molecule has 0 aliphatic carbocycles. The van der Waals surface area contributed by atoms with Crippen LogP contribution in [0.2, 0.25) is 32.7 Å². The Labute approximate surface area is 106 Å². The Balaban J connectivity index is 2.88. The van der Waals surface area contributed by atoms with Crippen molar-refractivity contribution in [3.8, 4) is 0 Å². The van der Waals surface area contributed by atoms with Crippen molar-refractivity contribution in [1.29, 1.82) is 0 Å². The lowest BCUT2D eigenvalue weighted by atomic mass is 10.2. The van der Waals surface area contributed by atoms with Gasteiger partial charge in [0, 0.05) is 0 Å². The second kappa shape index (κ2) is 5.04. The third-order valence-corrected chi connectivity index (χ3v) is 9.95. The third kappa shape index (κ3) is 4.37. The molecular weight excluding hydrogens is 247 g/mol. The fourth-order valence-corrected chi connectivity index (χ4v) is 10.0. The van der Waals surface area contributed by atoms with Crippen molar-refractivity contribution in [3.05, 3.63) is 35.6 Å². The molecule has 1 aromatic rings. The van der Waals surface area contributed by atoms with Crippen LogP contribution in [0.1, 0.15) is 18.0 Å². The molecule has 0 spiro atoms. The summed E-state index contributed by atoms with van der Waals surface area (Å²) in [4.78, 5) is 0. The summed E-state index contributed by atoms with van der Waals surface area (Å²) in [5.41, 5.74) is 1.57. The van der Waals surface area contributed by atoms with Crippen molar-refractivity contribution < 1.29 is 8.51 Å². The molecule has 0 heterocycles. The maximum Gasteiger partial charge on any atom is 0.180 e.